The van der Waals surface area contributed by atoms with E-state index in [2.05, 4.69) is 55.7 Å². The number of aryl methyl sites for hydroxylation is 2. The summed E-state index contributed by atoms with van der Waals surface area (Å²) in [5.74, 6) is -4.34. The van der Waals surface area contributed by atoms with E-state index in [9.17, 15) is 46.2 Å². The molecule has 4 aromatic carbocycles. The molecule has 4 aliphatic carbocycles. The van der Waals surface area contributed by atoms with Gasteiger partial charge in [-0.15, -0.1) is 0 Å². The van der Waals surface area contributed by atoms with Crippen LogP contribution >= 0.6 is 23.2 Å². The Labute approximate surface area is 597 Å². The zero-order chi connectivity index (χ0) is 64.2. The summed E-state index contributed by atoms with van der Waals surface area (Å²) in [4.78, 5) is 55.5. The maximum atomic E-state index is 13.5. The van der Waals surface area contributed by atoms with Gasteiger partial charge in [-0.2, -0.15) is 0 Å². The molecule has 4 aromatic rings. The molecule has 2 N–H and O–H groups in total. The molecule has 4 heterocycles. The summed E-state index contributed by atoms with van der Waals surface area (Å²) in [5, 5.41) is 23.5. The second kappa shape index (κ2) is 29.3. The number of carboxylic acids is 2. The second-order valence-electron chi connectivity index (χ2n) is 27.7. The van der Waals surface area contributed by atoms with E-state index in [1.807, 2.05) is 24.3 Å². The number of carboxylic acid groups (broad SMARTS) is 2. The Morgan fingerprint density at radius 2 is 0.967 bits per heavy atom. The van der Waals surface area contributed by atoms with Gasteiger partial charge in [-0.05, 0) is 221 Å². The number of carbonyl (C=O) groups excluding carboxylic acids is 4. The van der Waals surface area contributed by atoms with Crippen LogP contribution in [-0.4, -0.2) is 90.5 Å². The molecule has 0 unspecified atom stereocenters. The number of sulfonamides is 2. The Kier molecular flexibility index (Phi) is 23.0. The van der Waals surface area contributed by atoms with Crippen LogP contribution in [0.5, 0.6) is 11.5 Å². The van der Waals surface area contributed by atoms with Gasteiger partial charge in [0.15, 0.2) is 0 Å². The molecule has 4 aliphatic heterocycles. The first kappa shape index (κ1) is 72.2. The summed E-state index contributed by atoms with van der Waals surface area (Å²) in [5.41, 5.74) is 6.47. The number of allylic oxidation sites excluding steroid dienone is 4. The largest absolute Gasteiger partial charge is 1.00 e. The molecule has 0 aromatic heterocycles. The van der Waals surface area contributed by atoms with Crippen molar-refractivity contribution in [3.63, 3.8) is 0 Å². The Balaban J connectivity index is 0.000000213. The zero-order valence-electron chi connectivity index (χ0n) is 54.3. The maximum absolute atomic E-state index is 13.5. The van der Waals surface area contributed by atoms with Crippen LogP contribution in [0.15, 0.2) is 97.1 Å². The van der Waals surface area contributed by atoms with Crippen molar-refractivity contribution in [2.45, 2.75) is 140 Å². The molecule has 22 heteroatoms. The molecular formula is C70H84Cl2N4Na2O12S2. The van der Waals surface area contributed by atoms with Crippen molar-refractivity contribution < 1.29 is 115 Å². The number of fused-ring (bicyclic) bond motifs is 8. The monoisotopic (exact) mass is 1350 g/mol. The fraction of sp³-hybridized carbons (Fsp3) is 0.543. The van der Waals surface area contributed by atoms with Gasteiger partial charge in [-0.25, -0.2) is 26.3 Å². The number of benzene rings is 4. The SMILES string of the molecule is C[C@@H]1[C@@H](C)C[C@H]([C@@H](C)C(=O)[O-])/C=C/[C@@H]2CC[C@H]2CN2C[C@@]3(CCCc4cc(Cl)ccc43)COc3ccc(cc32)C(=O)NS1(=O)=O.C[C@H](C(=O)[O-])[C@@H]1/C=C/[C@@H]2CC[C@H]2CN2C[C@@]3(CCCc4cc(Cl)ccc43)COc3ccc(cc32)C(=O)NS(=O)(=O)[C@H](C)[C@@H](C)C1.[Na+].[Na+]. The van der Waals surface area contributed by atoms with Crippen LogP contribution in [-0.2, 0) is 53.3 Å². The average Bonchev–Trinajstić information content (AvgIpc) is 1.48. The normalized spacial score (nSPS) is 31.8. The van der Waals surface area contributed by atoms with Crippen LogP contribution in [0.25, 0.3) is 0 Å². The summed E-state index contributed by atoms with van der Waals surface area (Å²) in [6.07, 6.45) is 18.8. The molecule has 2 fully saturated rings. The first-order valence-corrected chi connectivity index (χ1v) is 36.1. The van der Waals surface area contributed by atoms with Crippen LogP contribution in [0.3, 0.4) is 0 Å². The van der Waals surface area contributed by atoms with E-state index >= 15 is 0 Å². The van der Waals surface area contributed by atoms with Crippen molar-refractivity contribution in [1.29, 1.82) is 0 Å². The number of amides is 2. The van der Waals surface area contributed by atoms with Crippen molar-refractivity contribution in [2.75, 3.05) is 49.2 Å². The molecular weight excluding hydrogens is 1270 g/mol. The fourth-order valence-electron chi connectivity index (χ4n) is 15.5. The number of hydrogen-bond donors (Lipinski definition) is 2. The van der Waals surface area contributed by atoms with Gasteiger partial charge in [0.1, 0.15) is 11.5 Å². The predicted molar refractivity (Wildman–Crippen MR) is 346 cm³/mol. The van der Waals surface area contributed by atoms with Gasteiger partial charge in [-0.1, -0.05) is 87.3 Å². The molecule has 2 spiro atoms. The molecule has 2 saturated carbocycles. The van der Waals surface area contributed by atoms with Gasteiger partial charge in [0.2, 0.25) is 20.0 Å². The molecule has 0 radical (unpaired) electrons. The standard InChI is InChI=1S/2C35H43ClN2O6S.2Na/c2*1-21-15-25(22(2)34(40)41)8-6-24-7-9-28(24)18-38-19-35(14-4-5-26-16-29(36)11-12-30(26)35)20-44-32-13-10-27(17-31(32)38)33(39)37-45(42,43)23(21)3;;/h2*6,8,10-13,16-17,21-25,28H,4-5,7,9,14-15,18-20H2,1-3H3,(H,37,39)(H,40,41);;/q;;2*+1/p-2/b2*8-6+;;/t21-,22+,23+,24+,25+,28-,35-;21-,22-,23+,24+,25+,28-,35-;;/m00../s1. The molecule has 484 valence electrons. The number of halogens is 2. The number of nitrogens with zero attached hydrogens (tertiary/aromatic N) is 2. The number of nitrogens with one attached hydrogen (secondary N) is 2. The van der Waals surface area contributed by atoms with Crippen LogP contribution in [0.2, 0.25) is 10.0 Å². The number of rotatable bonds is 4. The third-order valence-corrected chi connectivity index (χ3v) is 26.3. The minimum absolute atomic E-state index is 0. The Morgan fingerprint density at radius 1 is 0.576 bits per heavy atom. The van der Waals surface area contributed by atoms with Gasteiger partial charge in [0, 0.05) is 82.0 Å². The molecule has 16 nitrogen and oxygen atoms in total. The van der Waals surface area contributed by atoms with E-state index in [1.165, 1.54) is 22.3 Å². The van der Waals surface area contributed by atoms with Crippen LogP contribution in [0, 0.1) is 59.2 Å². The Morgan fingerprint density at radius 3 is 1.33 bits per heavy atom. The second-order valence-corrected chi connectivity index (χ2v) is 32.6. The third kappa shape index (κ3) is 15.2. The number of hydrogen-bond acceptors (Lipinski definition) is 14. The van der Waals surface area contributed by atoms with Crippen molar-refractivity contribution in [3.8, 4) is 11.5 Å². The van der Waals surface area contributed by atoms with E-state index < -0.39 is 89.8 Å². The molecule has 14 atom stereocenters. The molecule has 4 bridgehead atoms. The third-order valence-electron chi connectivity index (χ3n) is 22.0. The molecule has 2 amide bonds. The number of ether oxygens (including phenoxy) is 2. The average molecular weight is 1350 g/mol. The van der Waals surface area contributed by atoms with E-state index in [-0.39, 0.29) is 92.9 Å². The zero-order valence-corrected chi connectivity index (χ0v) is 61.4. The van der Waals surface area contributed by atoms with E-state index in [0.29, 0.717) is 62.5 Å². The van der Waals surface area contributed by atoms with Crippen LogP contribution < -0.4 is 98.0 Å². The van der Waals surface area contributed by atoms with Gasteiger partial charge >= 0.3 is 59.1 Å². The summed E-state index contributed by atoms with van der Waals surface area (Å²) < 4.78 is 71.3. The van der Waals surface area contributed by atoms with Crippen LogP contribution in [0.4, 0.5) is 11.4 Å². The topological polar surface area (TPSA) is 232 Å². The minimum atomic E-state index is -4.06. The molecule has 0 saturated heterocycles. The quantitative estimate of drug-likeness (QED) is 0.219. The van der Waals surface area contributed by atoms with Gasteiger partial charge < -0.3 is 39.1 Å². The summed E-state index contributed by atoms with van der Waals surface area (Å²) in [6.45, 7) is 13.7. The number of aliphatic carboxylic acids is 2. The smallest absolute Gasteiger partial charge is 0.550 e. The van der Waals surface area contributed by atoms with Gasteiger partial charge in [-0.3, -0.25) is 9.59 Å². The summed E-state index contributed by atoms with van der Waals surface area (Å²) >= 11 is 12.8. The van der Waals surface area contributed by atoms with E-state index in [1.54, 1.807) is 77.9 Å². The minimum Gasteiger partial charge on any atom is -0.550 e. The Bertz CT molecular complexity index is 3500. The first-order chi connectivity index (χ1) is 42.7. The fourth-order valence-corrected chi connectivity index (χ4v) is 18.4. The van der Waals surface area contributed by atoms with Gasteiger partial charge in [0.05, 0.1) is 35.1 Å². The summed E-state index contributed by atoms with van der Waals surface area (Å²) in [7, 11) is -8.11. The maximum Gasteiger partial charge on any atom is 1.00 e. The van der Waals surface area contributed by atoms with E-state index in [0.717, 1.165) is 98.7 Å². The van der Waals surface area contributed by atoms with Crippen molar-refractivity contribution in [2.24, 2.45) is 59.2 Å². The molecule has 12 rings (SSSR count). The number of carbonyl (C=O) groups is 4. The molecule has 8 aliphatic rings. The summed E-state index contributed by atoms with van der Waals surface area (Å²) in [6, 6.07) is 22.6. The van der Waals surface area contributed by atoms with Crippen molar-refractivity contribution >= 4 is 78.4 Å². The Hall–Kier alpha value is -4.08. The van der Waals surface area contributed by atoms with Crippen LogP contribution in [0.1, 0.15) is 149 Å². The van der Waals surface area contributed by atoms with Crippen molar-refractivity contribution in [1.82, 2.24) is 9.44 Å². The predicted octanol–water partition coefficient (Wildman–Crippen LogP) is 3.78. The molecule has 92 heavy (non-hydrogen) atoms. The van der Waals surface area contributed by atoms with E-state index in [4.69, 9.17) is 32.7 Å². The van der Waals surface area contributed by atoms with Crippen molar-refractivity contribution in [3.05, 3.63) is 141 Å². The first-order valence-electron chi connectivity index (χ1n) is 32.3. The van der Waals surface area contributed by atoms with Gasteiger partial charge in [0.25, 0.3) is 11.8 Å². The number of anilines is 2.